The van der Waals surface area contributed by atoms with Crippen LogP contribution in [0.25, 0.3) is 0 Å². The molecule has 0 aliphatic rings. The summed E-state index contributed by atoms with van der Waals surface area (Å²) >= 11 is 0. The van der Waals surface area contributed by atoms with Gasteiger partial charge >= 0.3 is 6.09 Å². The van der Waals surface area contributed by atoms with Crippen molar-refractivity contribution in [3.8, 4) is 0 Å². The van der Waals surface area contributed by atoms with Crippen molar-refractivity contribution in [3.63, 3.8) is 0 Å². The molecule has 1 atom stereocenters. The standard InChI is InChI=1S/C17H21N3O2/c1-20(2)13-9-10-14(15(11-13)19-17(21)22-3)16(18)12-7-5-4-6-8-12/h4-11,16H,18H2,1-3H3,(H,19,21). The molecule has 0 spiro atoms. The van der Waals surface area contributed by atoms with Crippen molar-refractivity contribution < 1.29 is 9.53 Å². The molecule has 3 N–H and O–H groups in total. The molecule has 1 amide bonds. The first kappa shape index (κ1) is 15.9. The molecule has 2 rings (SSSR count). The number of hydrogen-bond donors (Lipinski definition) is 2. The SMILES string of the molecule is COC(=O)Nc1cc(N(C)C)ccc1C(N)c1ccccc1. The van der Waals surface area contributed by atoms with Crippen molar-refractivity contribution in [2.75, 3.05) is 31.4 Å². The van der Waals surface area contributed by atoms with E-state index in [0.717, 1.165) is 16.8 Å². The third-order valence-electron chi connectivity index (χ3n) is 3.47. The van der Waals surface area contributed by atoms with E-state index in [-0.39, 0.29) is 6.04 Å². The summed E-state index contributed by atoms with van der Waals surface area (Å²) in [6.07, 6.45) is -0.516. The quantitative estimate of drug-likeness (QED) is 0.910. The molecule has 0 aromatic heterocycles. The number of nitrogens with two attached hydrogens (primary N) is 1. The first-order valence-corrected chi connectivity index (χ1v) is 6.99. The number of rotatable bonds is 4. The summed E-state index contributed by atoms with van der Waals surface area (Å²) in [5, 5.41) is 2.74. The average Bonchev–Trinajstić information content (AvgIpc) is 2.54. The number of amides is 1. The monoisotopic (exact) mass is 299 g/mol. The Morgan fingerprint density at radius 3 is 2.45 bits per heavy atom. The van der Waals surface area contributed by atoms with E-state index in [1.165, 1.54) is 7.11 Å². The molecule has 22 heavy (non-hydrogen) atoms. The van der Waals surface area contributed by atoms with Gasteiger partial charge in [0.15, 0.2) is 0 Å². The van der Waals surface area contributed by atoms with Crippen molar-refractivity contribution in [2.45, 2.75) is 6.04 Å². The van der Waals surface area contributed by atoms with Gasteiger partial charge in [-0.05, 0) is 23.3 Å². The van der Waals surface area contributed by atoms with Crippen molar-refractivity contribution in [1.82, 2.24) is 0 Å². The molecule has 116 valence electrons. The molecule has 1 unspecified atom stereocenters. The minimum absolute atomic E-state index is 0.329. The number of hydrogen-bond acceptors (Lipinski definition) is 4. The van der Waals surface area contributed by atoms with E-state index in [1.54, 1.807) is 0 Å². The summed E-state index contributed by atoms with van der Waals surface area (Å²) in [5.41, 5.74) is 9.79. The van der Waals surface area contributed by atoms with Crippen LogP contribution in [0.1, 0.15) is 17.2 Å². The molecule has 2 aromatic rings. The Morgan fingerprint density at radius 1 is 1.18 bits per heavy atom. The van der Waals surface area contributed by atoms with Crippen molar-refractivity contribution in [1.29, 1.82) is 0 Å². The first-order valence-electron chi connectivity index (χ1n) is 6.99. The highest BCUT2D eigenvalue weighted by atomic mass is 16.5. The van der Waals surface area contributed by atoms with Crippen LogP contribution >= 0.6 is 0 Å². The Balaban J connectivity index is 2.42. The molecule has 0 saturated carbocycles. The zero-order valence-corrected chi connectivity index (χ0v) is 13.0. The Hall–Kier alpha value is -2.53. The smallest absolute Gasteiger partial charge is 0.411 e. The molecule has 0 saturated heterocycles. The van der Waals surface area contributed by atoms with Crippen molar-refractivity contribution in [2.24, 2.45) is 5.73 Å². The van der Waals surface area contributed by atoms with Gasteiger partial charge in [0.05, 0.1) is 18.8 Å². The second kappa shape index (κ2) is 6.95. The van der Waals surface area contributed by atoms with Crippen LogP contribution in [0.2, 0.25) is 0 Å². The summed E-state index contributed by atoms with van der Waals surface area (Å²) in [6, 6.07) is 15.2. The minimum atomic E-state index is -0.516. The Kier molecular flexibility index (Phi) is 5.01. The van der Waals surface area contributed by atoms with E-state index in [4.69, 9.17) is 10.5 Å². The lowest BCUT2D eigenvalue weighted by atomic mass is 9.97. The number of carbonyl (C=O) groups excluding carboxylic acids is 1. The molecule has 5 heteroatoms. The number of nitrogens with zero attached hydrogens (tertiary/aromatic N) is 1. The van der Waals surface area contributed by atoms with Gasteiger partial charge in [-0.3, -0.25) is 5.32 Å². The van der Waals surface area contributed by atoms with E-state index >= 15 is 0 Å². The molecular formula is C17H21N3O2. The van der Waals surface area contributed by atoms with Crippen LogP contribution in [0.3, 0.4) is 0 Å². The minimum Gasteiger partial charge on any atom is -0.453 e. The molecule has 2 aromatic carbocycles. The molecule has 0 bridgehead atoms. The highest BCUT2D eigenvalue weighted by molar-refractivity contribution is 5.87. The van der Waals surface area contributed by atoms with Gasteiger partial charge in [-0.1, -0.05) is 36.4 Å². The number of anilines is 2. The third kappa shape index (κ3) is 3.56. The van der Waals surface area contributed by atoms with Gasteiger partial charge in [-0.15, -0.1) is 0 Å². The maximum atomic E-state index is 11.6. The highest BCUT2D eigenvalue weighted by Crippen LogP contribution is 2.30. The second-order valence-electron chi connectivity index (χ2n) is 5.17. The van der Waals surface area contributed by atoms with Gasteiger partial charge in [-0.2, -0.15) is 0 Å². The van der Waals surface area contributed by atoms with Gasteiger partial charge in [0, 0.05) is 19.8 Å². The molecule has 5 nitrogen and oxygen atoms in total. The van der Waals surface area contributed by atoms with E-state index < -0.39 is 6.09 Å². The molecular weight excluding hydrogens is 278 g/mol. The lowest BCUT2D eigenvalue weighted by Crippen LogP contribution is -2.19. The van der Waals surface area contributed by atoms with Crippen LogP contribution < -0.4 is 16.0 Å². The van der Waals surface area contributed by atoms with Crippen molar-refractivity contribution in [3.05, 3.63) is 59.7 Å². The molecule has 0 fully saturated rings. The van der Waals surface area contributed by atoms with Crippen molar-refractivity contribution >= 4 is 17.5 Å². The summed E-state index contributed by atoms with van der Waals surface area (Å²) < 4.78 is 4.69. The zero-order valence-electron chi connectivity index (χ0n) is 13.0. The number of ether oxygens (including phenoxy) is 1. The van der Waals surface area contributed by atoms with E-state index in [9.17, 15) is 4.79 Å². The maximum Gasteiger partial charge on any atom is 0.411 e. The van der Waals surface area contributed by atoms with E-state index in [1.807, 2.05) is 67.5 Å². The highest BCUT2D eigenvalue weighted by Gasteiger charge is 2.16. The van der Waals surface area contributed by atoms with Crippen LogP contribution in [-0.2, 0) is 4.74 Å². The van der Waals surface area contributed by atoms with Crippen LogP contribution in [0.15, 0.2) is 48.5 Å². The number of nitrogens with one attached hydrogen (secondary N) is 1. The number of methoxy groups -OCH3 is 1. The summed E-state index contributed by atoms with van der Waals surface area (Å²) in [4.78, 5) is 13.5. The predicted molar refractivity (Wildman–Crippen MR) is 89.3 cm³/mol. The average molecular weight is 299 g/mol. The second-order valence-corrected chi connectivity index (χ2v) is 5.17. The summed E-state index contributed by atoms with van der Waals surface area (Å²) in [7, 11) is 5.21. The molecule has 0 radical (unpaired) electrons. The zero-order chi connectivity index (χ0) is 16.1. The van der Waals surface area contributed by atoms with Crippen LogP contribution in [0.4, 0.5) is 16.2 Å². The Labute approximate surface area is 130 Å². The maximum absolute atomic E-state index is 11.6. The number of benzene rings is 2. The van der Waals surface area contributed by atoms with Gasteiger partial charge < -0.3 is 15.4 Å². The van der Waals surface area contributed by atoms with Gasteiger partial charge in [0.25, 0.3) is 0 Å². The van der Waals surface area contributed by atoms with Crippen LogP contribution in [0, 0.1) is 0 Å². The fourth-order valence-electron chi connectivity index (χ4n) is 2.20. The summed E-state index contributed by atoms with van der Waals surface area (Å²) in [6.45, 7) is 0. The summed E-state index contributed by atoms with van der Waals surface area (Å²) in [5.74, 6) is 0. The third-order valence-corrected chi connectivity index (χ3v) is 3.47. The van der Waals surface area contributed by atoms with Crippen LogP contribution in [-0.4, -0.2) is 27.3 Å². The Morgan fingerprint density at radius 2 is 1.86 bits per heavy atom. The van der Waals surface area contributed by atoms with E-state index in [0.29, 0.717) is 5.69 Å². The topological polar surface area (TPSA) is 67.6 Å². The largest absolute Gasteiger partial charge is 0.453 e. The lowest BCUT2D eigenvalue weighted by molar-refractivity contribution is 0.187. The first-order chi connectivity index (χ1) is 10.5. The van der Waals surface area contributed by atoms with Crippen LogP contribution in [0.5, 0.6) is 0 Å². The Bertz CT molecular complexity index is 642. The fourth-order valence-corrected chi connectivity index (χ4v) is 2.20. The fraction of sp³-hybridized carbons (Fsp3) is 0.235. The van der Waals surface area contributed by atoms with Gasteiger partial charge in [0.1, 0.15) is 0 Å². The van der Waals surface area contributed by atoms with E-state index in [2.05, 4.69) is 5.32 Å². The predicted octanol–water partition coefficient (Wildman–Crippen LogP) is 2.98. The molecule has 0 aliphatic heterocycles. The lowest BCUT2D eigenvalue weighted by Gasteiger charge is -2.20. The normalized spacial score (nSPS) is 11.6. The van der Waals surface area contributed by atoms with Gasteiger partial charge in [0.2, 0.25) is 0 Å². The van der Waals surface area contributed by atoms with Gasteiger partial charge in [-0.25, -0.2) is 4.79 Å². The number of carbonyl (C=O) groups is 1. The molecule has 0 heterocycles. The molecule has 0 aliphatic carbocycles.